The van der Waals surface area contributed by atoms with E-state index >= 15 is 0 Å². The fourth-order valence-electron chi connectivity index (χ4n) is 5.15. The summed E-state index contributed by atoms with van der Waals surface area (Å²) in [6.45, 7) is 3.70. The van der Waals surface area contributed by atoms with Crippen molar-refractivity contribution in [2.45, 2.75) is 45.1 Å². The number of H-pyrrole nitrogens is 1. The first-order valence-corrected chi connectivity index (χ1v) is 11.9. The highest BCUT2D eigenvalue weighted by Crippen LogP contribution is 2.36. The maximum Gasteiger partial charge on any atom is 0.279 e. The predicted molar refractivity (Wildman–Crippen MR) is 124 cm³/mol. The number of halogens is 1. The molecule has 1 aromatic carbocycles. The summed E-state index contributed by atoms with van der Waals surface area (Å²) in [5.74, 6) is -0.663. The van der Waals surface area contributed by atoms with Crippen LogP contribution < -0.4 is 5.56 Å². The molecule has 9 heteroatoms. The predicted octanol–water partition coefficient (Wildman–Crippen LogP) is 2.87. The summed E-state index contributed by atoms with van der Waals surface area (Å²) in [6, 6.07) is 6.80. The first-order chi connectivity index (χ1) is 16.0. The van der Waals surface area contributed by atoms with Crippen LogP contribution >= 0.6 is 11.6 Å². The Balaban J connectivity index is 1.64. The van der Waals surface area contributed by atoms with Crippen molar-refractivity contribution >= 4 is 29.0 Å². The van der Waals surface area contributed by atoms with Crippen LogP contribution in [0.25, 0.3) is 11.3 Å². The Kier molecular flexibility index (Phi) is 5.88. The number of aromatic amines is 1. The molecule has 3 heterocycles. The summed E-state index contributed by atoms with van der Waals surface area (Å²) in [5, 5.41) is 3.57. The maximum absolute atomic E-state index is 13.8. The molecule has 1 saturated heterocycles. The van der Waals surface area contributed by atoms with E-state index in [0.717, 1.165) is 32.1 Å². The van der Waals surface area contributed by atoms with E-state index < -0.39 is 0 Å². The van der Waals surface area contributed by atoms with Gasteiger partial charge in [-0.2, -0.15) is 0 Å². The zero-order chi connectivity index (χ0) is 23.1. The second kappa shape index (κ2) is 8.83. The lowest BCUT2D eigenvalue weighted by Gasteiger charge is -2.32. The third-order valence-electron chi connectivity index (χ3n) is 6.75. The summed E-state index contributed by atoms with van der Waals surface area (Å²) in [4.78, 5) is 44.3. The molecule has 33 heavy (non-hydrogen) atoms. The van der Waals surface area contributed by atoms with Gasteiger partial charge in [-0.25, -0.2) is 4.68 Å². The SMILES string of the molecule is Cc1[nH]n(-c2cccc(Cl)c2)c(=O)c1C1=C(N2CCOCC2)C(=O)N(C2CCCCC2)C1=O. The minimum atomic E-state index is -0.373. The van der Waals surface area contributed by atoms with Crippen LogP contribution in [0.15, 0.2) is 34.8 Å². The van der Waals surface area contributed by atoms with Crippen molar-refractivity contribution in [1.29, 1.82) is 0 Å². The van der Waals surface area contributed by atoms with Gasteiger partial charge in [0.1, 0.15) is 5.70 Å². The molecule has 1 aromatic heterocycles. The second-order valence-electron chi connectivity index (χ2n) is 8.83. The Morgan fingerprint density at radius 3 is 2.45 bits per heavy atom. The van der Waals surface area contributed by atoms with Crippen LogP contribution in [0.2, 0.25) is 5.02 Å². The van der Waals surface area contributed by atoms with E-state index in [1.165, 1.54) is 9.58 Å². The van der Waals surface area contributed by atoms with Crippen molar-refractivity contribution in [2.75, 3.05) is 26.3 Å². The number of aryl methyl sites for hydroxylation is 1. The number of amides is 2. The highest BCUT2D eigenvalue weighted by Gasteiger charge is 2.46. The fraction of sp³-hybridized carbons (Fsp3) is 0.458. The molecule has 2 aliphatic heterocycles. The van der Waals surface area contributed by atoms with Gasteiger partial charge in [0.15, 0.2) is 0 Å². The van der Waals surface area contributed by atoms with E-state index in [1.54, 1.807) is 31.2 Å². The Morgan fingerprint density at radius 1 is 1.03 bits per heavy atom. The molecule has 2 fully saturated rings. The number of hydrogen-bond acceptors (Lipinski definition) is 5. The molecule has 3 aliphatic rings. The van der Waals surface area contributed by atoms with Crippen LogP contribution in [0.3, 0.4) is 0 Å². The quantitative estimate of drug-likeness (QED) is 0.694. The van der Waals surface area contributed by atoms with Gasteiger partial charge in [0.2, 0.25) is 0 Å². The highest BCUT2D eigenvalue weighted by atomic mass is 35.5. The molecule has 0 unspecified atom stereocenters. The summed E-state index contributed by atoms with van der Waals surface area (Å²) in [6.07, 6.45) is 4.72. The van der Waals surface area contributed by atoms with Crippen molar-refractivity contribution in [2.24, 2.45) is 0 Å². The molecule has 0 radical (unpaired) electrons. The van der Waals surface area contributed by atoms with Crippen molar-refractivity contribution in [3.8, 4) is 5.69 Å². The van der Waals surface area contributed by atoms with Gasteiger partial charge in [0, 0.05) is 29.8 Å². The molecule has 174 valence electrons. The number of carbonyl (C=O) groups is 2. The van der Waals surface area contributed by atoms with Crippen molar-refractivity contribution in [3.05, 3.63) is 56.6 Å². The topological polar surface area (TPSA) is 87.6 Å². The molecule has 0 atom stereocenters. The summed E-state index contributed by atoms with van der Waals surface area (Å²) >= 11 is 6.13. The monoisotopic (exact) mass is 470 g/mol. The third kappa shape index (κ3) is 3.81. The first-order valence-electron chi connectivity index (χ1n) is 11.5. The lowest BCUT2D eigenvalue weighted by molar-refractivity contribution is -0.141. The van der Waals surface area contributed by atoms with Gasteiger partial charge in [-0.05, 0) is 38.0 Å². The molecular formula is C24H27ClN4O4. The van der Waals surface area contributed by atoms with Gasteiger partial charge in [0.05, 0.1) is 30.0 Å². The van der Waals surface area contributed by atoms with Crippen molar-refractivity contribution in [1.82, 2.24) is 19.6 Å². The van der Waals surface area contributed by atoms with Gasteiger partial charge >= 0.3 is 0 Å². The zero-order valence-electron chi connectivity index (χ0n) is 18.6. The molecule has 8 nitrogen and oxygen atoms in total. The average molecular weight is 471 g/mol. The number of rotatable bonds is 4. The fourth-order valence-corrected chi connectivity index (χ4v) is 5.33. The maximum atomic E-state index is 13.8. The van der Waals surface area contributed by atoms with Crippen LogP contribution in [-0.2, 0) is 14.3 Å². The second-order valence-corrected chi connectivity index (χ2v) is 9.26. The Hall–Kier alpha value is -2.84. The van der Waals surface area contributed by atoms with Crippen molar-refractivity contribution in [3.63, 3.8) is 0 Å². The van der Waals surface area contributed by atoms with E-state index in [2.05, 4.69) is 5.10 Å². The van der Waals surface area contributed by atoms with Crippen LogP contribution in [-0.4, -0.2) is 63.7 Å². The number of hydrogen-bond donors (Lipinski definition) is 1. The number of nitrogens with one attached hydrogen (secondary N) is 1. The van der Waals surface area contributed by atoms with E-state index in [9.17, 15) is 14.4 Å². The molecular weight excluding hydrogens is 444 g/mol. The number of imide groups is 1. The molecule has 0 spiro atoms. The number of morpholine rings is 1. The zero-order valence-corrected chi connectivity index (χ0v) is 19.4. The molecule has 2 amide bonds. The van der Waals surface area contributed by atoms with Gasteiger partial charge in [0.25, 0.3) is 17.4 Å². The summed E-state index contributed by atoms with van der Waals surface area (Å²) < 4.78 is 6.84. The molecule has 5 rings (SSSR count). The summed E-state index contributed by atoms with van der Waals surface area (Å²) in [7, 11) is 0. The normalized spacial score (nSPS) is 20.3. The minimum absolute atomic E-state index is 0.123. The van der Waals surface area contributed by atoms with Crippen LogP contribution in [0.4, 0.5) is 0 Å². The molecule has 1 aliphatic carbocycles. The van der Waals surface area contributed by atoms with Crippen LogP contribution in [0, 0.1) is 6.92 Å². The van der Waals surface area contributed by atoms with Crippen LogP contribution in [0.1, 0.15) is 43.4 Å². The van der Waals surface area contributed by atoms with E-state index in [1.807, 2.05) is 4.90 Å². The Labute approximate surface area is 196 Å². The number of ether oxygens (including phenoxy) is 1. The van der Waals surface area contributed by atoms with Crippen molar-refractivity contribution < 1.29 is 14.3 Å². The lowest BCUT2D eigenvalue weighted by Crippen LogP contribution is -2.45. The van der Waals surface area contributed by atoms with E-state index in [0.29, 0.717) is 48.4 Å². The minimum Gasteiger partial charge on any atom is -0.378 e. The van der Waals surface area contributed by atoms with E-state index in [4.69, 9.17) is 16.3 Å². The van der Waals surface area contributed by atoms with Gasteiger partial charge < -0.3 is 9.64 Å². The third-order valence-corrected chi connectivity index (χ3v) is 6.98. The Morgan fingerprint density at radius 2 is 1.76 bits per heavy atom. The average Bonchev–Trinajstić information content (AvgIpc) is 3.26. The lowest BCUT2D eigenvalue weighted by atomic mass is 9.94. The largest absolute Gasteiger partial charge is 0.378 e. The molecule has 2 aromatic rings. The molecule has 0 bridgehead atoms. The van der Waals surface area contributed by atoms with E-state index in [-0.39, 0.29) is 34.6 Å². The standard InChI is InChI=1S/C24H27ClN4O4/c1-15-19(23(31)29(26-15)18-9-5-6-16(25)14-18)20-21(27-10-12-33-13-11-27)24(32)28(22(20)30)17-7-3-2-4-8-17/h5-6,9,14,17,26H,2-4,7-8,10-13H2,1H3. The Bertz CT molecular complexity index is 1190. The summed E-state index contributed by atoms with van der Waals surface area (Å²) in [5.41, 5.74) is 1.50. The van der Waals surface area contributed by atoms with Gasteiger partial charge in [-0.1, -0.05) is 36.9 Å². The highest BCUT2D eigenvalue weighted by molar-refractivity contribution is 6.35. The van der Waals surface area contributed by atoms with Crippen LogP contribution in [0.5, 0.6) is 0 Å². The van der Waals surface area contributed by atoms with Gasteiger partial charge in [-0.3, -0.25) is 24.4 Å². The number of carbonyl (C=O) groups excluding carboxylic acids is 2. The molecule has 1 saturated carbocycles. The smallest absolute Gasteiger partial charge is 0.279 e. The number of nitrogens with zero attached hydrogens (tertiary/aromatic N) is 3. The number of benzene rings is 1. The van der Waals surface area contributed by atoms with Gasteiger partial charge in [-0.15, -0.1) is 0 Å². The number of aromatic nitrogens is 2. The first kappa shape index (κ1) is 22.0. The molecule has 1 N–H and O–H groups in total.